The van der Waals surface area contributed by atoms with Gasteiger partial charge in [-0.1, -0.05) is 59.6 Å². The van der Waals surface area contributed by atoms with Gasteiger partial charge in [0.15, 0.2) is 0 Å². The first-order chi connectivity index (χ1) is 10.5. The van der Waals surface area contributed by atoms with Crippen molar-refractivity contribution in [3.63, 3.8) is 0 Å². The largest absolute Gasteiger partial charge is 0.336 e. The quantitative estimate of drug-likeness (QED) is 0.740. The number of rotatable bonds is 5. The van der Waals surface area contributed by atoms with E-state index in [4.69, 9.17) is 23.2 Å². The van der Waals surface area contributed by atoms with E-state index >= 15 is 0 Å². The van der Waals surface area contributed by atoms with Crippen molar-refractivity contribution in [3.8, 4) is 0 Å². The molecule has 0 N–H and O–H groups in total. The van der Waals surface area contributed by atoms with Crippen molar-refractivity contribution >= 4 is 29.1 Å². The molecule has 0 fully saturated rings. The molecule has 1 atom stereocenters. The predicted molar refractivity (Wildman–Crippen MR) is 92.4 cm³/mol. The number of likely N-dealkylation sites (N-methyl/N-ethyl adjacent to an activating group) is 1. The molecule has 0 spiro atoms. The van der Waals surface area contributed by atoms with Gasteiger partial charge in [0.2, 0.25) is 5.91 Å². The third-order valence-electron chi connectivity index (χ3n) is 3.77. The van der Waals surface area contributed by atoms with E-state index in [2.05, 4.69) is 0 Å². The van der Waals surface area contributed by atoms with Crippen molar-refractivity contribution < 1.29 is 4.79 Å². The zero-order valence-electron chi connectivity index (χ0n) is 12.7. The Hall–Kier alpha value is -1.51. The van der Waals surface area contributed by atoms with Crippen LogP contribution in [0.4, 0.5) is 0 Å². The molecular formula is C18H19Cl2NO. The second-order valence-electron chi connectivity index (χ2n) is 5.18. The van der Waals surface area contributed by atoms with E-state index in [1.54, 1.807) is 12.1 Å². The first-order valence-electron chi connectivity index (χ1n) is 7.31. The van der Waals surface area contributed by atoms with E-state index in [0.717, 1.165) is 11.1 Å². The standard InChI is InChI=1S/C18H19Cl2NO/c1-3-21(13(2)14-7-5-4-6-8-14)18(22)11-15-9-10-16(19)12-17(15)20/h4-10,12-13H,3,11H2,1-2H3. The SMILES string of the molecule is CCN(C(=O)Cc1ccc(Cl)cc1Cl)C(C)c1ccccc1. The molecule has 2 aromatic carbocycles. The van der Waals surface area contributed by atoms with Gasteiger partial charge in [-0.15, -0.1) is 0 Å². The van der Waals surface area contributed by atoms with Crippen LogP contribution >= 0.6 is 23.2 Å². The highest BCUT2D eigenvalue weighted by atomic mass is 35.5. The van der Waals surface area contributed by atoms with Crippen LogP contribution in [0.1, 0.15) is 31.0 Å². The Bertz CT molecular complexity index is 643. The molecule has 2 aromatic rings. The number of hydrogen-bond acceptors (Lipinski definition) is 1. The summed E-state index contributed by atoms with van der Waals surface area (Å²) in [6.07, 6.45) is 0.279. The minimum Gasteiger partial charge on any atom is -0.336 e. The number of benzene rings is 2. The highest BCUT2D eigenvalue weighted by Crippen LogP contribution is 2.24. The molecule has 0 aromatic heterocycles. The Kier molecular flexibility index (Phi) is 5.87. The summed E-state index contributed by atoms with van der Waals surface area (Å²) in [5.74, 6) is 0.0584. The number of nitrogens with zero attached hydrogens (tertiary/aromatic N) is 1. The van der Waals surface area contributed by atoms with Crippen LogP contribution < -0.4 is 0 Å². The maximum atomic E-state index is 12.6. The van der Waals surface area contributed by atoms with E-state index in [1.165, 1.54) is 0 Å². The number of amides is 1. The third kappa shape index (κ3) is 4.02. The molecule has 4 heteroatoms. The van der Waals surface area contributed by atoms with Crippen LogP contribution in [0.3, 0.4) is 0 Å². The molecule has 1 amide bonds. The molecule has 2 nitrogen and oxygen atoms in total. The van der Waals surface area contributed by atoms with Crippen molar-refractivity contribution in [2.45, 2.75) is 26.3 Å². The van der Waals surface area contributed by atoms with E-state index in [1.807, 2.05) is 55.1 Å². The fraction of sp³-hybridized carbons (Fsp3) is 0.278. The Morgan fingerprint density at radius 2 is 1.82 bits per heavy atom. The molecule has 0 heterocycles. The van der Waals surface area contributed by atoms with Gasteiger partial charge >= 0.3 is 0 Å². The summed E-state index contributed by atoms with van der Waals surface area (Å²) in [5.41, 5.74) is 1.93. The van der Waals surface area contributed by atoms with Crippen molar-refractivity contribution in [2.75, 3.05) is 6.54 Å². The summed E-state index contributed by atoms with van der Waals surface area (Å²) in [6.45, 7) is 4.68. The zero-order valence-corrected chi connectivity index (χ0v) is 14.2. The Balaban J connectivity index is 2.15. The van der Waals surface area contributed by atoms with Crippen LogP contribution in [0.5, 0.6) is 0 Å². The number of carbonyl (C=O) groups excluding carboxylic acids is 1. The summed E-state index contributed by atoms with van der Waals surface area (Å²) in [4.78, 5) is 14.5. The van der Waals surface area contributed by atoms with Crippen LogP contribution in [-0.4, -0.2) is 17.4 Å². The van der Waals surface area contributed by atoms with Gasteiger partial charge in [0.25, 0.3) is 0 Å². The molecule has 0 bridgehead atoms. The average molecular weight is 336 g/mol. The smallest absolute Gasteiger partial charge is 0.227 e. The minimum atomic E-state index is 0.0322. The lowest BCUT2D eigenvalue weighted by atomic mass is 10.1. The molecule has 0 saturated carbocycles. The van der Waals surface area contributed by atoms with Gasteiger partial charge in [0.05, 0.1) is 12.5 Å². The number of halogens is 2. The first-order valence-corrected chi connectivity index (χ1v) is 8.07. The predicted octanol–water partition coefficient (Wildman–Crippen LogP) is 5.15. The van der Waals surface area contributed by atoms with E-state index in [-0.39, 0.29) is 18.4 Å². The lowest BCUT2D eigenvalue weighted by Crippen LogP contribution is -2.34. The van der Waals surface area contributed by atoms with Crippen molar-refractivity contribution in [3.05, 3.63) is 69.7 Å². The summed E-state index contributed by atoms with van der Waals surface area (Å²) in [5, 5.41) is 1.11. The molecule has 0 radical (unpaired) electrons. The Labute approximate surface area is 141 Å². The van der Waals surface area contributed by atoms with Crippen molar-refractivity contribution in [1.29, 1.82) is 0 Å². The molecule has 0 aliphatic heterocycles. The van der Waals surface area contributed by atoms with Crippen LogP contribution in [0, 0.1) is 0 Å². The van der Waals surface area contributed by atoms with Gasteiger partial charge in [0.1, 0.15) is 0 Å². The maximum absolute atomic E-state index is 12.6. The van der Waals surface area contributed by atoms with Gasteiger partial charge in [0, 0.05) is 16.6 Å². The number of hydrogen-bond donors (Lipinski definition) is 0. The van der Waals surface area contributed by atoms with Gasteiger partial charge in [-0.05, 0) is 37.1 Å². The normalized spacial score (nSPS) is 12.0. The van der Waals surface area contributed by atoms with Gasteiger partial charge < -0.3 is 4.90 Å². The molecule has 2 rings (SSSR count). The maximum Gasteiger partial charge on any atom is 0.227 e. The molecule has 0 aliphatic carbocycles. The van der Waals surface area contributed by atoms with Crippen LogP contribution in [0.25, 0.3) is 0 Å². The summed E-state index contributed by atoms with van der Waals surface area (Å²) < 4.78 is 0. The van der Waals surface area contributed by atoms with Gasteiger partial charge in [-0.3, -0.25) is 4.79 Å². The van der Waals surface area contributed by atoms with E-state index < -0.39 is 0 Å². The second-order valence-corrected chi connectivity index (χ2v) is 6.02. The Morgan fingerprint density at radius 1 is 1.14 bits per heavy atom. The zero-order chi connectivity index (χ0) is 16.1. The molecule has 0 aliphatic rings. The topological polar surface area (TPSA) is 20.3 Å². The minimum absolute atomic E-state index is 0.0322. The van der Waals surface area contributed by atoms with Crippen LogP contribution in [0.2, 0.25) is 10.0 Å². The number of carbonyl (C=O) groups is 1. The third-order valence-corrected chi connectivity index (χ3v) is 4.35. The highest BCUT2D eigenvalue weighted by molar-refractivity contribution is 6.35. The average Bonchev–Trinajstić information content (AvgIpc) is 2.51. The van der Waals surface area contributed by atoms with Crippen LogP contribution in [-0.2, 0) is 11.2 Å². The van der Waals surface area contributed by atoms with Crippen molar-refractivity contribution in [2.24, 2.45) is 0 Å². The summed E-state index contributed by atoms with van der Waals surface area (Å²) in [7, 11) is 0. The molecule has 0 saturated heterocycles. The lowest BCUT2D eigenvalue weighted by molar-refractivity contribution is -0.132. The summed E-state index contributed by atoms with van der Waals surface area (Å²) >= 11 is 12.1. The Morgan fingerprint density at radius 3 is 2.41 bits per heavy atom. The monoisotopic (exact) mass is 335 g/mol. The summed E-state index contributed by atoms with van der Waals surface area (Å²) in [6, 6.07) is 15.3. The highest BCUT2D eigenvalue weighted by Gasteiger charge is 2.20. The second kappa shape index (κ2) is 7.66. The fourth-order valence-corrected chi connectivity index (χ4v) is 2.98. The molecule has 1 unspecified atom stereocenters. The molecule has 22 heavy (non-hydrogen) atoms. The molecular weight excluding hydrogens is 317 g/mol. The van der Waals surface area contributed by atoms with Gasteiger partial charge in [-0.2, -0.15) is 0 Å². The molecule has 116 valence electrons. The van der Waals surface area contributed by atoms with Gasteiger partial charge in [-0.25, -0.2) is 0 Å². The van der Waals surface area contributed by atoms with Crippen LogP contribution in [0.15, 0.2) is 48.5 Å². The first kappa shape index (κ1) is 16.9. The van der Waals surface area contributed by atoms with Crippen molar-refractivity contribution in [1.82, 2.24) is 4.90 Å². The van der Waals surface area contributed by atoms with E-state index in [9.17, 15) is 4.79 Å². The fourth-order valence-electron chi connectivity index (χ4n) is 2.51. The van der Waals surface area contributed by atoms with E-state index in [0.29, 0.717) is 16.6 Å². The lowest BCUT2D eigenvalue weighted by Gasteiger charge is -2.28.